The third-order valence-electron chi connectivity index (χ3n) is 6.91. The van der Waals surface area contributed by atoms with Crippen molar-refractivity contribution in [2.75, 3.05) is 17.5 Å². The van der Waals surface area contributed by atoms with Crippen LogP contribution in [0, 0.1) is 6.92 Å². The number of ether oxygens (including phenoxy) is 1. The summed E-state index contributed by atoms with van der Waals surface area (Å²) in [5.74, 6) is -0.186. The molecule has 3 aromatic carbocycles. The highest BCUT2D eigenvalue weighted by Gasteiger charge is 2.34. The van der Waals surface area contributed by atoms with E-state index in [4.69, 9.17) is 4.74 Å². The third-order valence-corrected chi connectivity index (χ3v) is 8.69. The summed E-state index contributed by atoms with van der Waals surface area (Å²) in [6.07, 6.45) is 1.12. The van der Waals surface area contributed by atoms with Gasteiger partial charge in [-0.15, -0.1) is 0 Å². The standard InChI is InChI=1S/C32H41N3O5S/c1-6-25(5)33-32(37)30(7-2)34(22-26-16-14-24(4)15-17-26)31(36)23-35(27-12-10-9-11-13-27)41(38,39)29-20-18-28(19-21-29)40-8-3/h9-21,25,30H,6-8,22-23H2,1-5H3,(H,33,37)/t25-,30-/m0/s1. The fraction of sp³-hybridized carbons (Fsp3) is 0.375. The van der Waals surface area contributed by atoms with Crippen molar-refractivity contribution in [3.05, 3.63) is 90.0 Å². The number of sulfonamides is 1. The number of anilines is 1. The molecule has 0 aromatic heterocycles. The predicted octanol–water partition coefficient (Wildman–Crippen LogP) is 5.31. The zero-order chi connectivity index (χ0) is 30.0. The maximum Gasteiger partial charge on any atom is 0.264 e. The Labute approximate surface area is 244 Å². The van der Waals surface area contributed by atoms with Gasteiger partial charge < -0.3 is 15.0 Å². The Morgan fingerprint density at radius 2 is 1.51 bits per heavy atom. The molecule has 0 saturated heterocycles. The van der Waals surface area contributed by atoms with Crippen LogP contribution in [-0.4, -0.2) is 50.4 Å². The smallest absolute Gasteiger partial charge is 0.264 e. The molecule has 41 heavy (non-hydrogen) atoms. The Kier molecular flexibility index (Phi) is 11.3. The number of rotatable bonds is 14. The predicted molar refractivity (Wildman–Crippen MR) is 162 cm³/mol. The van der Waals surface area contributed by atoms with Gasteiger partial charge in [-0.25, -0.2) is 8.42 Å². The van der Waals surface area contributed by atoms with Crippen LogP contribution in [0.25, 0.3) is 0 Å². The molecule has 0 heterocycles. The Morgan fingerprint density at radius 3 is 2.07 bits per heavy atom. The summed E-state index contributed by atoms with van der Waals surface area (Å²) in [5.41, 5.74) is 2.27. The molecule has 9 heteroatoms. The number of benzene rings is 3. The van der Waals surface area contributed by atoms with Gasteiger partial charge in [0.25, 0.3) is 10.0 Å². The maximum atomic E-state index is 14.1. The second kappa shape index (κ2) is 14.7. The van der Waals surface area contributed by atoms with E-state index in [2.05, 4.69) is 5.32 Å². The van der Waals surface area contributed by atoms with Crippen molar-refractivity contribution in [2.24, 2.45) is 0 Å². The topological polar surface area (TPSA) is 96.0 Å². The normalized spacial score (nSPS) is 12.7. The molecule has 2 atom stereocenters. The fourth-order valence-electron chi connectivity index (χ4n) is 4.38. The Balaban J connectivity index is 2.02. The molecule has 0 unspecified atom stereocenters. The number of aryl methyl sites for hydroxylation is 1. The Hall–Kier alpha value is -3.85. The average Bonchev–Trinajstić information content (AvgIpc) is 2.97. The van der Waals surface area contributed by atoms with Gasteiger partial charge in [-0.1, -0.05) is 61.9 Å². The van der Waals surface area contributed by atoms with Gasteiger partial charge in [0.2, 0.25) is 11.8 Å². The van der Waals surface area contributed by atoms with E-state index in [1.54, 1.807) is 42.5 Å². The van der Waals surface area contributed by atoms with E-state index in [0.29, 0.717) is 24.5 Å². The van der Waals surface area contributed by atoms with Crippen LogP contribution >= 0.6 is 0 Å². The minimum absolute atomic E-state index is 0.0317. The first-order chi connectivity index (χ1) is 19.6. The van der Waals surface area contributed by atoms with Gasteiger partial charge in [-0.3, -0.25) is 13.9 Å². The number of carbonyl (C=O) groups is 2. The second-order valence-corrected chi connectivity index (χ2v) is 11.9. The second-order valence-electron chi connectivity index (χ2n) is 10.0. The lowest BCUT2D eigenvalue weighted by atomic mass is 10.1. The monoisotopic (exact) mass is 579 g/mol. The molecule has 220 valence electrons. The molecule has 3 aromatic rings. The van der Waals surface area contributed by atoms with Crippen LogP contribution in [0.3, 0.4) is 0 Å². The van der Waals surface area contributed by atoms with Crippen molar-refractivity contribution in [1.29, 1.82) is 0 Å². The van der Waals surface area contributed by atoms with Crippen LogP contribution < -0.4 is 14.4 Å². The largest absolute Gasteiger partial charge is 0.494 e. The van der Waals surface area contributed by atoms with Crippen molar-refractivity contribution in [3.63, 3.8) is 0 Å². The van der Waals surface area contributed by atoms with Crippen LogP contribution in [0.15, 0.2) is 83.8 Å². The molecule has 0 saturated carbocycles. The van der Waals surface area contributed by atoms with E-state index in [0.717, 1.165) is 21.9 Å². The molecular formula is C32H41N3O5S. The van der Waals surface area contributed by atoms with Gasteiger partial charge in [0.05, 0.1) is 17.2 Å². The first-order valence-corrected chi connectivity index (χ1v) is 15.5. The molecule has 0 aliphatic rings. The summed E-state index contributed by atoms with van der Waals surface area (Å²) in [6.45, 7) is 9.71. The highest BCUT2D eigenvalue weighted by molar-refractivity contribution is 7.92. The van der Waals surface area contributed by atoms with Crippen molar-refractivity contribution in [3.8, 4) is 5.75 Å². The van der Waals surface area contributed by atoms with Gasteiger partial charge in [0.15, 0.2) is 0 Å². The van der Waals surface area contributed by atoms with Gasteiger partial charge in [0.1, 0.15) is 18.3 Å². The van der Waals surface area contributed by atoms with E-state index in [9.17, 15) is 18.0 Å². The summed E-state index contributed by atoms with van der Waals surface area (Å²) in [4.78, 5) is 29.0. The molecular weight excluding hydrogens is 538 g/mol. The minimum Gasteiger partial charge on any atom is -0.494 e. The van der Waals surface area contributed by atoms with E-state index in [1.807, 2.05) is 58.9 Å². The third kappa shape index (κ3) is 8.33. The first kappa shape index (κ1) is 31.7. The Bertz CT molecular complexity index is 1380. The molecule has 8 nitrogen and oxygen atoms in total. The van der Waals surface area contributed by atoms with Crippen LogP contribution in [-0.2, 0) is 26.2 Å². The number of nitrogens with zero attached hydrogens (tertiary/aromatic N) is 2. The molecule has 3 rings (SSSR count). The number of hydrogen-bond donors (Lipinski definition) is 1. The first-order valence-electron chi connectivity index (χ1n) is 14.1. The molecule has 0 radical (unpaired) electrons. The van der Waals surface area contributed by atoms with Crippen molar-refractivity contribution < 1.29 is 22.7 Å². The van der Waals surface area contributed by atoms with Crippen LogP contribution in [0.4, 0.5) is 5.69 Å². The molecule has 0 aliphatic carbocycles. The molecule has 0 aliphatic heterocycles. The molecule has 0 spiro atoms. The van der Waals surface area contributed by atoms with Crippen LogP contribution in [0.1, 0.15) is 51.7 Å². The molecule has 1 N–H and O–H groups in total. The van der Waals surface area contributed by atoms with Gasteiger partial charge in [-0.2, -0.15) is 0 Å². The SMILES string of the molecule is CCOc1ccc(S(=O)(=O)N(CC(=O)N(Cc2ccc(C)cc2)[C@@H](CC)C(=O)N[C@@H](C)CC)c2ccccc2)cc1. The zero-order valence-corrected chi connectivity index (χ0v) is 25.4. The van der Waals surface area contributed by atoms with Gasteiger partial charge in [0, 0.05) is 12.6 Å². The zero-order valence-electron chi connectivity index (χ0n) is 24.5. The summed E-state index contributed by atoms with van der Waals surface area (Å²) in [5, 5.41) is 2.99. The maximum absolute atomic E-state index is 14.1. The van der Waals surface area contributed by atoms with Crippen molar-refractivity contribution in [1.82, 2.24) is 10.2 Å². The van der Waals surface area contributed by atoms with E-state index in [1.165, 1.54) is 17.0 Å². The van der Waals surface area contributed by atoms with E-state index < -0.39 is 28.5 Å². The fourth-order valence-corrected chi connectivity index (χ4v) is 5.79. The summed E-state index contributed by atoms with van der Waals surface area (Å²) >= 11 is 0. The highest BCUT2D eigenvalue weighted by atomic mass is 32.2. The van der Waals surface area contributed by atoms with Crippen LogP contribution in [0.5, 0.6) is 5.75 Å². The van der Waals surface area contributed by atoms with Crippen molar-refractivity contribution >= 4 is 27.5 Å². The van der Waals surface area contributed by atoms with E-state index in [-0.39, 0.29) is 23.4 Å². The summed E-state index contributed by atoms with van der Waals surface area (Å²) in [6, 6.07) is 21.6. The number of hydrogen-bond acceptors (Lipinski definition) is 5. The summed E-state index contributed by atoms with van der Waals surface area (Å²) in [7, 11) is -4.14. The number of para-hydroxylation sites is 1. The molecule has 0 bridgehead atoms. The lowest BCUT2D eigenvalue weighted by Crippen LogP contribution is -2.53. The number of carbonyl (C=O) groups excluding carboxylic acids is 2. The number of nitrogens with one attached hydrogen (secondary N) is 1. The lowest BCUT2D eigenvalue weighted by molar-refractivity contribution is -0.140. The van der Waals surface area contributed by atoms with Gasteiger partial charge in [-0.05, 0) is 75.6 Å². The average molecular weight is 580 g/mol. The van der Waals surface area contributed by atoms with Crippen LogP contribution in [0.2, 0.25) is 0 Å². The molecule has 2 amide bonds. The minimum atomic E-state index is -4.14. The quantitative estimate of drug-likeness (QED) is 0.279. The molecule has 0 fully saturated rings. The Morgan fingerprint density at radius 1 is 0.878 bits per heavy atom. The lowest BCUT2D eigenvalue weighted by Gasteiger charge is -2.33. The number of amides is 2. The van der Waals surface area contributed by atoms with Gasteiger partial charge >= 0.3 is 0 Å². The van der Waals surface area contributed by atoms with E-state index >= 15 is 0 Å². The summed E-state index contributed by atoms with van der Waals surface area (Å²) < 4.78 is 34.5. The highest BCUT2D eigenvalue weighted by Crippen LogP contribution is 2.26. The van der Waals surface area contributed by atoms with Crippen molar-refractivity contribution in [2.45, 2.75) is 71.0 Å².